The summed E-state index contributed by atoms with van der Waals surface area (Å²) in [7, 11) is 0. The first-order valence-electron chi connectivity index (χ1n) is 10.5. The molecule has 9 heteroatoms. The minimum absolute atomic E-state index is 0.0757. The zero-order valence-corrected chi connectivity index (χ0v) is 18.9. The number of nitrogens with zero attached hydrogens (tertiary/aromatic N) is 2. The number of carbonyl (C=O) groups is 3. The molecule has 0 atom stereocenters. The van der Waals surface area contributed by atoms with Crippen LogP contribution < -0.4 is 14.8 Å². The maximum atomic E-state index is 12.5. The van der Waals surface area contributed by atoms with E-state index in [-0.39, 0.29) is 36.7 Å². The Balaban J connectivity index is 1.20. The van der Waals surface area contributed by atoms with E-state index in [4.69, 9.17) is 9.47 Å². The van der Waals surface area contributed by atoms with Crippen LogP contribution in [0.3, 0.4) is 0 Å². The van der Waals surface area contributed by atoms with Crippen LogP contribution in [0.2, 0.25) is 0 Å². The molecule has 2 aromatic carbocycles. The average Bonchev–Trinajstić information content (AvgIpc) is 3.12. The second kappa shape index (κ2) is 11.2. The number of thioether (sulfide) groups is 1. The monoisotopic (exact) mass is 475 g/mol. The molecule has 0 bridgehead atoms. The van der Waals surface area contributed by atoms with E-state index < -0.39 is 0 Å². The Morgan fingerprint density at radius 1 is 0.971 bits per heavy atom. The van der Waals surface area contributed by atoms with E-state index in [1.54, 1.807) is 54.9 Å². The van der Waals surface area contributed by atoms with Gasteiger partial charge in [0.15, 0.2) is 6.61 Å². The molecule has 172 valence electrons. The summed E-state index contributed by atoms with van der Waals surface area (Å²) >= 11 is 0.868. The number of ether oxygens (including phenoxy) is 2. The number of imide groups is 1. The molecule has 34 heavy (non-hydrogen) atoms. The molecule has 1 aliphatic heterocycles. The lowest BCUT2D eigenvalue weighted by Crippen LogP contribution is -2.38. The highest BCUT2D eigenvalue weighted by atomic mass is 32.2. The first-order valence-corrected chi connectivity index (χ1v) is 11.3. The molecular formula is C25H21N3O5S. The van der Waals surface area contributed by atoms with Gasteiger partial charge in [-0.15, -0.1) is 0 Å². The molecule has 0 radical (unpaired) electrons. The molecule has 4 rings (SSSR count). The Labute approximate surface area is 200 Å². The highest BCUT2D eigenvalue weighted by Gasteiger charge is 2.34. The van der Waals surface area contributed by atoms with E-state index in [1.807, 2.05) is 30.3 Å². The van der Waals surface area contributed by atoms with E-state index in [1.165, 1.54) is 0 Å². The Morgan fingerprint density at radius 2 is 1.71 bits per heavy atom. The van der Waals surface area contributed by atoms with Crippen molar-refractivity contribution in [2.45, 2.75) is 0 Å². The number of rotatable bonds is 9. The summed E-state index contributed by atoms with van der Waals surface area (Å²) in [6, 6.07) is 19.9. The van der Waals surface area contributed by atoms with Gasteiger partial charge in [0.2, 0.25) is 0 Å². The van der Waals surface area contributed by atoms with Crippen molar-refractivity contribution in [1.29, 1.82) is 0 Å². The molecule has 0 unspecified atom stereocenters. The second-order valence-corrected chi connectivity index (χ2v) is 8.14. The Bertz CT molecular complexity index is 1180. The third kappa shape index (κ3) is 6.23. The van der Waals surface area contributed by atoms with Crippen LogP contribution in [0, 0.1) is 0 Å². The predicted molar refractivity (Wildman–Crippen MR) is 128 cm³/mol. The largest absolute Gasteiger partial charge is 0.484 e. The van der Waals surface area contributed by atoms with Gasteiger partial charge in [-0.05, 0) is 65.9 Å². The molecule has 0 saturated carbocycles. The van der Waals surface area contributed by atoms with Crippen LogP contribution in [0.5, 0.6) is 17.2 Å². The number of hydrogen-bond donors (Lipinski definition) is 1. The zero-order valence-electron chi connectivity index (χ0n) is 18.0. The van der Waals surface area contributed by atoms with Gasteiger partial charge in [0.05, 0.1) is 4.91 Å². The maximum Gasteiger partial charge on any atom is 0.293 e. The van der Waals surface area contributed by atoms with Gasteiger partial charge in [-0.2, -0.15) is 0 Å². The van der Waals surface area contributed by atoms with Gasteiger partial charge in [0.25, 0.3) is 17.1 Å². The number of carbonyl (C=O) groups excluding carboxylic acids is 3. The van der Waals surface area contributed by atoms with Crippen molar-refractivity contribution in [1.82, 2.24) is 15.2 Å². The van der Waals surface area contributed by atoms with Gasteiger partial charge < -0.3 is 14.8 Å². The smallest absolute Gasteiger partial charge is 0.293 e. The summed E-state index contributed by atoms with van der Waals surface area (Å²) < 4.78 is 11.2. The SMILES string of the molecule is O=C(COc1ccc(Oc2ccccc2)cc1)NCCN1C(=O)S/C(=C\c2cccnc2)C1=O. The quantitative estimate of drug-likeness (QED) is 0.465. The summed E-state index contributed by atoms with van der Waals surface area (Å²) in [5.41, 5.74) is 0.734. The maximum absolute atomic E-state index is 12.5. The third-order valence-corrected chi connectivity index (χ3v) is 5.59. The Morgan fingerprint density at radius 3 is 2.44 bits per heavy atom. The minimum atomic E-state index is -0.387. The van der Waals surface area contributed by atoms with Gasteiger partial charge in [-0.25, -0.2) is 0 Å². The second-order valence-electron chi connectivity index (χ2n) is 7.14. The molecule has 1 aromatic heterocycles. The fourth-order valence-electron chi connectivity index (χ4n) is 3.04. The van der Waals surface area contributed by atoms with E-state index in [9.17, 15) is 14.4 Å². The Hall–Kier alpha value is -4.11. The topological polar surface area (TPSA) is 97.8 Å². The summed E-state index contributed by atoms with van der Waals surface area (Å²) in [5.74, 6) is 1.15. The van der Waals surface area contributed by atoms with Crippen molar-refractivity contribution >= 4 is 34.9 Å². The highest BCUT2D eigenvalue weighted by molar-refractivity contribution is 8.18. The molecule has 0 spiro atoms. The molecule has 0 aliphatic carbocycles. The lowest BCUT2D eigenvalue weighted by molar-refractivity contribution is -0.125. The van der Waals surface area contributed by atoms with Crippen LogP contribution in [-0.4, -0.2) is 46.6 Å². The van der Waals surface area contributed by atoms with E-state index in [2.05, 4.69) is 10.3 Å². The Kier molecular flexibility index (Phi) is 7.56. The van der Waals surface area contributed by atoms with Crippen LogP contribution in [0.1, 0.15) is 5.56 Å². The highest BCUT2D eigenvalue weighted by Crippen LogP contribution is 2.31. The van der Waals surface area contributed by atoms with Crippen molar-refractivity contribution in [3.05, 3.63) is 89.6 Å². The van der Waals surface area contributed by atoms with Gasteiger partial charge >= 0.3 is 0 Å². The van der Waals surface area contributed by atoms with Crippen LogP contribution in [0.4, 0.5) is 4.79 Å². The molecule has 1 saturated heterocycles. The number of amides is 3. The molecule has 3 amide bonds. The molecule has 1 N–H and O–H groups in total. The average molecular weight is 476 g/mol. The molecule has 1 fully saturated rings. The minimum Gasteiger partial charge on any atom is -0.484 e. The number of aromatic nitrogens is 1. The lowest BCUT2D eigenvalue weighted by Gasteiger charge is -2.13. The van der Waals surface area contributed by atoms with Crippen LogP contribution in [0.15, 0.2) is 84.0 Å². The van der Waals surface area contributed by atoms with E-state index >= 15 is 0 Å². The molecule has 3 aromatic rings. The van der Waals surface area contributed by atoms with Gasteiger partial charge in [0, 0.05) is 25.5 Å². The first kappa shape index (κ1) is 23.1. The molecule has 8 nitrogen and oxygen atoms in total. The van der Waals surface area contributed by atoms with Crippen LogP contribution in [0.25, 0.3) is 6.08 Å². The van der Waals surface area contributed by atoms with Gasteiger partial charge in [-0.1, -0.05) is 24.3 Å². The fraction of sp³-hybridized carbons (Fsp3) is 0.120. The van der Waals surface area contributed by atoms with Crippen LogP contribution in [-0.2, 0) is 9.59 Å². The van der Waals surface area contributed by atoms with Gasteiger partial charge in [-0.3, -0.25) is 24.3 Å². The number of pyridine rings is 1. The van der Waals surface area contributed by atoms with Gasteiger partial charge in [0.1, 0.15) is 17.2 Å². The normalized spacial score (nSPS) is 14.4. The molecular weight excluding hydrogens is 454 g/mol. The van der Waals surface area contributed by atoms with E-state index in [0.29, 0.717) is 16.4 Å². The standard InChI is InChI=1S/C25H21N3O5S/c29-23(17-32-19-8-10-21(11-9-19)33-20-6-2-1-3-7-20)27-13-14-28-24(30)22(34-25(28)31)15-18-5-4-12-26-16-18/h1-12,15-16H,13-14,17H2,(H,27,29)/b22-15-. The summed E-state index contributed by atoms with van der Waals surface area (Å²) in [6.07, 6.45) is 4.86. The summed E-state index contributed by atoms with van der Waals surface area (Å²) in [4.78, 5) is 42.2. The number of hydrogen-bond acceptors (Lipinski definition) is 7. The van der Waals surface area contributed by atoms with Crippen LogP contribution >= 0.6 is 11.8 Å². The number of nitrogens with one attached hydrogen (secondary N) is 1. The number of para-hydroxylation sites is 1. The third-order valence-electron chi connectivity index (χ3n) is 4.69. The summed E-state index contributed by atoms with van der Waals surface area (Å²) in [6.45, 7) is 0.0122. The summed E-state index contributed by atoms with van der Waals surface area (Å²) in [5, 5.41) is 2.28. The van der Waals surface area contributed by atoms with Crippen molar-refractivity contribution in [2.24, 2.45) is 0 Å². The van der Waals surface area contributed by atoms with Crippen molar-refractivity contribution in [3.63, 3.8) is 0 Å². The molecule has 1 aliphatic rings. The van der Waals surface area contributed by atoms with Crippen molar-refractivity contribution in [2.75, 3.05) is 19.7 Å². The van der Waals surface area contributed by atoms with E-state index in [0.717, 1.165) is 28.0 Å². The fourth-order valence-corrected chi connectivity index (χ4v) is 3.91. The number of benzene rings is 2. The van der Waals surface area contributed by atoms with Crippen molar-refractivity contribution < 1.29 is 23.9 Å². The zero-order chi connectivity index (χ0) is 23.8. The predicted octanol–water partition coefficient (Wildman–Crippen LogP) is 4.11. The first-order chi connectivity index (χ1) is 16.6. The lowest BCUT2D eigenvalue weighted by atomic mass is 10.2. The molecule has 2 heterocycles. The van der Waals surface area contributed by atoms with Crippen molar-refractivity contribution in [3.8, 4) is 17.2 Å².